The van der Waals surface area contributed by atoms with Crippen LogP contribution in [0.2, 0.25) is 0 Å². The smallest absolute Gasteiger partial charge is 0.258 e. The highest BCUT2D eigenvalue weighted by Crippen LogP contribution is 2.32. The second-order valence-corrected chi connectivity index (χ2v) is 7.19. The lowest BCUT2D eigenvalue weighted by molar-refractivity contribution is 0.231. The minimum Gasteiger partial charge on any atom is -0.329 e. The fourth-order valence-electron chi connectivity index (χ4n) is 2.63. The topological polar surface area (TPSA) is 90.0 Å². The summed E-state index contributed by atoms with van der Waals surface area (Å²) in [5.41, 5.74) is 5.33. The van der Waals surface area contributed by atoms with Crippen LogP contribution in [0, 0.1) is 5.92 Å². The summed E-state index contributed by atoms with van der Waals surface area (Å²) >= 11 is 0. The third-order valence-electron chi connectivity index (χ3n) is 4.02. The van der Waals surface area contributed by atoms with Crippen LogP contribution in [0.3, 0.4) is 0 Å². The van der Waals surface area contributed by atoms with Gasteiger partial charge in [0.05, 0.1) is 6.20 Å². The van der Waals surface area contributed by atoms with Gasteiger partial charge in [-0.2, -0.15) is 5.10 Å². The average molecular weight is 286 g/mol. The van der Waals surface area contributed by atoms with E-state index in [-0.39, 0.29) is 5.03 Å². The lowest BCUT2D eigenvalue weighted by Crippen LogP contribution is -2.55. The predicted molar refractivity (Wildman–Crippen MR) is 72.9 cm³/mol. The number of aryl methyl sites for hydroxylation is 1. The molecule has 3 N–H and O–H groups in total. The highest BCUT2D eigenvalue weighted by molar-refractivity contribution is 7.89. The molecule has 2 rings (SSSR count). The van der Waals surface area contributed by atoms with Crippen LogP contribution in [0.4, 0.5) is 0 Å². The van der Waals surface area contributed by atoms with Gasteiger partial charge in [0.1, 0.15) is 0 Å². The van der Waals surface area contributed by atoms with Crippen molar-refractivity contribution in [2.45, 2.75) is 43.2 Å². The lowest BCUT2D eigenvalue weighted by Gasteiger charge is -2.38. The van der Waals surface area contributed by atoms with Gasteiger partial charge in [-0.3, -0.25) is 4.68 Å². The van der Waals surface area contributed by atoms with Crippen LogP contribution < -0.4 is 10.5 Å². The quantitative estimate of drug-likeness (QED) is 0.848. The van der Waals surface area contributed by atoms with Crippen LogP contribution in [0.25, 0.3) is 0 Å². The van der Waals surface area contributed by atoms with Crippen LogP contribution in [0.15, 0.2) is 17.3 Å². The van der Waals surface area contributed by atoms with E-state index in [2.05, 4.69) is 16.7 Å². The number of nitrogens with one attached hydrogen (secondary N) is 1. The molecule has 1 aromatic heterocycles. The monoisotopic (exact) mass is 286 g/mol. The molecule has 0 saturated heterocycles. The Kier molecular flexibility index (Phi) is 3.98. The first-order valence-corrected chi connectivity index (χ1v) is 8.09. The summed E-state index contributed by atoms with van der Waals surface area (Å²) in [5.74, 6) is 0.640. The summed E-state index contributed by atoms with van der Waals surface area (Å²) in [5, 5.41) is 4.08. The average Bonchev–Trinajstić information content (AvgIpc) is 2.79. The fraction of sp³-hybridized carbons (Fsp3) is 0.750. The van der Waals surface area contributed by atoms with Crippen LogP contribution in [0.5, 0.6) is 0 Å². The molecule has 1 aromatic rings. The molecule has 1 aliphatic carbocycles. The van der Waals surface area contributed by atoms with Crippen LogP contribution in [-0.2, 0) is 17.1 Å². The highest BCUT2D eigenvalue weighted by atomic mass is 32.2. The van der Waals surface area contributed by atoms with E-state index in [4.69, 9.17) is 5.73 Å². The van der Waals surface area contributed by atoms with Crippen LogP contribution >= 0.6 is 0 Å². The lowest BCUT2D eigenvalue weighted by atomic mass is 9.78. The number of sulfonamides is 1. The van der Waals surface area contributed by atoms with E-state index in [1.807, 2.05) is 0 Å². The molecule has 0 bridgehead atoms. The highest BCUT2D eigenvalue weighted by Gasteiger charge is 2.37. The summed E-state index contributed by atoms with van der Waals surface area (Å²) < 4.78 is 29.0. The Morgan fingerprint density at radius 1 is 1.53 bits per heavy atom. The Balaban J connectivity index is 2.21. The number of rotatable bonds is 4. The molecule has 1 fully saturated rings. The zero-order valence-corrected chi connectivity index (χ0v) is 12.3. The van der Waals surface area contributed by atoms with Crippen molar-refractivity contribution in [3.63, 3.8) is 0 Å². The van der Waals surface area contributed by atoms with Crippen molar-refractivity contribution >= 4 is 10.0 Å². The van der Waals surface area contributed by atoms with Crippen molar-refractivity contribution in [2.24, 2.45) is 18.7 Å². The molecule has 0 spiro atoms. The molecule has 6 nitrogen and oxygen atoms in total. The third kappa shape index (κ3) is 2.98. The fourth-order valence-corrected chi connectivity index (χ4v) is 4.22. The number of hydrogen-bond donors (Lipinski definition) is 2. The molecule has 1 heterocycles. The van der Waals surface area contributed by atoms with Crippen molar-refractivity contribution in [1.29, 1.82) is 0 Å². The molecular formula is C12H22N4O2S. The van der Waals surface area contributed by atoms with Gasteiger partial charge in [0.15, 0.2) is 5.03 Å². The largest absolute Gasteiger partial charge is 0.329 e. The first kappa shape index (κ1) is 14.5. The van der Waals surface area contributed by atoms with E-state index in [9.17, 15) is 8.42 Å². The Hall–Kier alpha value is -0.920. The molecule has 1 saturated carbocycles. The van der Waals surface area contributed by atoms with Gasteiger partial charge >= 0.3 is 0 Å². The van der Waals surface area contributed by atoms with E-state index in [0.29, 0.717) is 12.5 Å². The third-order valence-corrected chi connectivity index (χ3v) is 5.68. The minimum atomic E-state index is -3.56. The molecule has 108 valence electrons. The standard InChI is InChI=1S/C12H22N4O2S/c1-10-3-6-12(9-13,7-4-10)15-19(17,18)11-5-8-14-16(11)2/h5,8,10,15H,3-4,6-7,9,13H2,1-2H3. The zero-order chi connectivity index (χ0) is 14.1. The van der Waals surface area contributed by atoms with Crippen molar-refractivity contribution in [3.05, 3.63) is 12.3 Å². The molecule has 7 heteroatoms. The number of nitrogens with zero attached hydrogens (tertiary/aromatic N) is 2. The van der Waals surface area contributed by atoms with E-state index < -0.39 is 15.6 Å². The summed E-state index contributed by atoms with van der Waals surface area (Å²) in [6.45, 7) is 2.52. The van der Waals surface area contributed by atoms with Gasteiger partial charge in [0, 0.05) is 19.1 Å². The molecule has 0 aromatic carbocycles. The van der Waals surface area contributed by atoms with E-state index >= 15 is 0 Å². The summed E-state index contributed by atoms with van der Waals surface area (Å²) in [7, 11) is -1.95. The van der Waals surface area contributed by atoms with Crippen molar-refractivity contribution in [3.8, 4) is 0 Å². The maximum absolute atomic E-state index is 12.4. The minimum absolute atomic E-state index is 0.180. The molecular weight excluding hydrogens is 264 g/mol. The molecule has 0 radical (unpaired) electrons. The van der Waals surface area contributed by atoms with Gasteiger partial charge in [-0.25, -0.2) is 13.1 Å². The maximum atomic E-state index is 12.4. The van der Waals surface area contributed by atoms with Gasteiger partial charge in [-0.05, 0) is 37.7 Å². The van der Waals surface area contributed by atoms with E-state index in [0.717, 1.165) is 25.7 Å². The normalized spacial score (nSPS) is 28.5. The number of hydrogen-bond acceptors (Lipinski definition) is 4. The molecule has 19 heavy (non-hydrogen) atoms. The summed E-state index contributed by atoms with van der Waals surface area (Å²) in [6, 6.07) is 1.50. The predicted octanol–water partition coefficient (Wildman–Crippen LogP) is 0.606. The molecule has 0 unspecified atom stereocenters. The van der Waals surface area contributed by atoms with Crippen molar-refractivity contribution < 1.29 is 8.42 Å². The van der Waals surface area contributed by atoms with Gasteiger partial charge < -0.3 is 5.73 Å². The second-order valence-electron chi connectivity index (χ2n) is 5.57. The van der Waals surface area contributed by atoms with E-state index in [1.165, 1.54) is 16.9 Å². The van der Waals surface area contributed by atoms with Crippen LogP contribution in [-0.4, -0.2) is 30.3 Å². The molecule has 1 aliphatic rings. The Labute approximate surface area is 114 Å². The molecule has 0 amide bonds. The van der Waals surface area contributed by atoms with E-state index in [1.54, 1.807) is 7.05 Å². The Morgan fingerprint density at radius 3 is 2.63 bits per heavy atom. The van der Waals surface area contributed by atoms with Gasteiger partial charge in [0.2, 0.25) is 0 Å². The zero-order valence-electron chi connectivity index (χ0n) is 11.5. The molecule has 0 aliphatic heterocycles. The second kappa shape index (κ2) is 5.22. The van der Waals surface area contributed by atoms with Gasteiger partial charge in [0.25, 0.3) is 10.0 Å². The van der Waals surface area contributed by atoms with Crippen LogP contribution in [0.1, 0.15) is 32.6 Å². The van der Waals surface area contributed by atoms with Crippen molar-refractivity contribution in [2.75, 3.05) is 6.54 Å². The molecule has 0 atom stereocenters. The Bertz CT molecular complexity index is 530. The first-order valence-electron chi connectivity index (χ1n) is 6.61. The van der Waals surface area contributed by atoms with Gasteiger partial charge in [-0.15, -0.1) is 0 Å². The summed E-state index contributed by atoms with van der Waals surface area (Å²) in [6.07, 6.45) is 5.08. The SMILES string of the molecule is CC1CCC(CN)(NS(=O)(=O)c2ccnn2C)CC1. The Morgan fingerprint density at radius 2 is 2.16 bits per heavy atom. The van der Waals surface area contributed by atoms with Crippen molar-refractivity contribution in [1.82, 2.24) is 14.5 Å². The number of aromatic nitrogens is 2. The number of nitrogens with two attached hydrogens (primary N) is 1. The maximum Gasteiger partial charge on any atom is 0.258 e. The van der Waals surface area contributed by atoms with Gasteiger partial charge in [-0.1, -0.05) is 6.92 Å². The first-order chi connectivity index (χ1) is 8.88. The summed E-state index contributed by atoms with van der Waals surface area (Å²) in [4.78, 5) is 0.